The highest BCUT2D eigenvalue weighted by Crippen LogP contribution is 2.19. The fourth-order valence-corrected chi connectivity index (χ4v) is 3.15. The maximum absolute atomic E-state index is 12.3. The molecule has 0 fully saturated rings. The Hall–Kier alpha value is -1.05. The zero-order valence-corrected chi connectivity index (χ0v) is 14.6. The van der Waals surface area contributed by atoms with Gasteiger partial charge in [0.15, 0.2) is 0 Å². The number of hydrogen-bond acceptors (Lipinski definition) is 4. The number of sulfonamides is 1. The first-order chi connectivity index (χ1) is 9.70. The molecule has 1 N–H and O–H groups in total. The lowest BCUT2D eigenvalue weighted by Gasteiger charge is -2.21. The van der Waals surface area contributed by atoms with Gasteiger partial charge in [-0.2, -0.15) is 16.1 Å². The van der Waals surface area contributed by atoms with Crippen molar-refractivity contribution < 1.29 is 13.2 Å². The van der Waals surface area contributed by atoms with Crippen molar-refractivity contribution in [2.45, 2.75) is 37.0 Å². The van der Waals surface area contributed by atoms with Crippen molar-refractivity contribution in [3.63, 3.8) is 0 Å². The van der Waals surface area contributed by atoms with E-state index in [1.54, 1.807) is 19.2 Å². The van der Waals surface area contributed by atoms with Gasteiger partial charge in [0.1, 0.15) is 0 Å². The minimum absolute atomic E-state index is 0.0996. The Labute approximate surface area is 131 Å². The lowest BCUT2D eigenvalue weighted by atomic mass is 10.3. The Bertz CT molecular complexity index is 583. The number of rotatable bonds is 6. The van der Waals surface area contributed by atoms with Gasteiger partial charge in [0.05, 0.1) is 10.1 Å². The van der Waals surface area contributed by atoms with E-state index < -0.39 is 10.0 Å². The van der Waals surface area contributed by atoms with E-state index in [2.05, 4.69) is 5.32 Å². The Morgan fingerprint density at radius 3 is 2.14 bits per heavy atom. The van der Waals surface area contributed by atoms with Crippen LogP contribution in [0.15, 0.2) is 29.2 Å². The summed E-state index contributed by atoms with van der Waals surface area (Å²) in [5.74, 6) is -0.0996. The Kier molecular flexibility index (Phi) is 6.24. The molecule has 5 nitrogen and oxygen atoms in total. The second-order valence-electron chi connectivity index (χ2n) is 5.01. The lowest BCUT2D eigenvalue weighted by molar-refractivity contribution is -0.115. The summed E-state index contributed by atoms with van der Waals surface area (Å²) in [6.07, 6.45) is 1.86. The SMILES string of the molecule is CSC(C)C(=O)Nc1ccc(S(=O)(=O)N(C)C(C)C)cc1. The van der Waals surface area contributed by atoms with Crippen molar-refractivity contribution in [2.24, 2.45) is 0 Å². The summed E-state index contributed by atoms with van der Waals surface area (Å²) >= 11 is 1.45. The van der Waals surface area contributed by atoms with E-state index in [0.717, 1.165) is 0 Å². The summed E-state index contributed by atoms with van der Waals surface area (Å²) in [6.45, 7) is 5.45. The van der Waals surface area contributed by atoms with E-state index >= 15 is 0 Å². The van der Waals surface area contributed by atoms with Gasteiger partial charge in [-0.3, -0.25) is 4.79 Å². The van der Waals surface area contributed by atoms with Crippen molar-refractivity contribution in [1.29, 1.82) is 0 Å². The summed E-state index contributed by atoms with van der Waals surface area (Å²) in [4.78, 5) is 12.0. The van der Waals surface area contributed by atoms with Crippen molar-refractivity contribution in [1.82, 2.24) is 4.31 Å². The molecule has 1 rings (SSSR count). The molecule has 0 bridgehead atoms. The number of carbonyl (C=O) groups excluding carboxylic acids is 1. The molecule has 0 aliphatic carbocycles. The summed E-state index contributed by atoms with van der Waals surface area (Å²) in [7, 11) is -1.94. The van der Waals surface area contributed by atoms with E-state index in [1.807, 2.05) is 27.0 Å². The Morgan fingerprint density at radius 2 is 1.71 bits per heavy atom. The second kappa shape index (κ2) is 7.29. The minimum Gasteiger partial charge on any atom is -0.325 e. The van der Waals surface area contributed by atoms with Gasteiger partial charge in [0, 0.05) is 18.8 Å². The fraction of sp³-hybridized carbons (Fsp3) is 0.500. The van der Waals surface area contributed by atoms with Crippen LogP contribution in [0, 0.1) is 0 Å². The molecule has 7 heteroatoms. The van der Waals surface area contributed by atoms with Gasteiger partial charge in [-0.05, 0) is 51.3 Å². The minimum atomic E-state index is -3.49. The zero-order chi connectivity index (χ0) is 16.2. The smallest absolute Gasteiger partial charge is 0.243 e. The predicted molar refractivity (Wildman–Crippen MR) is 88.1 cm³/mol. The normalized spacial score (nSPS) is 13.5. The van der Waals surface area contributed by atoms with E-state index in [9.17, 15) is 13.2 Å². The predicted octanol–water partition coefficient (Wildman–Crippen LogP) is 2.41. The first-order valence-corrected chi connectivity index (χ1v) is 9.34. The molecule has 0 saturated heterocycles. The summed E-state index contributed by atoms with van der Waals surface area (Å²) in [5, 5.41) is 2.60. The zero-order valence-electron chi connectivity index (χ0n) is 13.0. The van der Waals surface area contributed by atoms with Crippen LogP contribution in [0.2, 0.25) is 0 Å². The van der Waals surface area contributed by atoms with Gasteiger partial charge in [0.25, 0.3) is 0 Å². The molecule has 1 unspecified atom stereocenters. The molecule has 1 amide bonds. The van der Waals surface area contributed by atoms with Crippen LogP contribution >= 0.6 is 11.8 Å². The molecule has 0 heterocycles. The van der Waals surface area contributed by atoms with Crippen LogP contribution in [0.25, 0.3) is 0 Å². The lowest BCUT2D eigenvalue weighted by Crippen LogP contribution is -2.33. The molecule has 1 atom stereocenters. The van der Waals surface area contributed by atoms with Gasteiger partial charge in [0.2, 0.25) is 15.9 Å². The van der Waals surface area contributed by atoms with E-state index in [0.29, 0.717) is 5.69 Å². The first-order valence-electron chi connectivity index (χ1n) is 6.62. The molecule has 0 spiro atoms. The number of amides is 1. The van der Waals surface area contributed by atoms with Crippen molar-refractivity contribution in [3.05, 3.63) is 24.3 Å². The third-order valence-corrected chi connectivity index (χ3v) is 6.22. The van der Waals surface area contributed by atoms with E-state index in [1.165, 1.54) is 28.2 Å². The van der Waals surface area contributed by atoms with Crippen molar-refractivity contribution in [3.8, 4) is 0 Å². The monoisotopic (exact) mass is 330 g/mol. The van der Waals surface area contributed by atoms with Crippen LogP contribution < -0.4 is 5.32 Å². The maximum Gasteiger partial charge on any atom is 0.243 e. The van der Waals surface area contributed by atoms with Crippen LogP contribution in [0.5, 0.6) is 0 Å². The highest BCUT2D eigenvalue weighted by atomic mass is 32.2. The molecule has 0 aliphatic heterocycles. The van der Waals surface area contributed by atoms with Gasteiger partial charge in [-0.1, -0.05) is 0 Å². The van der Waals surface area contributed by atoms with Gasteiger partial charge >= 0.3 is 0 Å². The average Bonchev–Trinajstić information content (AvgIpc) is 2.45. The van der Waals surface area contributed by atoms with E-state index in [4.69, 9.17) is 0 Å². The Morgan fingerprint density at radius 1 is 1.19 bits per heavy atom. The first kappa shape index (κ1) is 18.0. The maximum atomic E-state index is 12.3. The average molecular weight is 330 g/mol. The van der Waals surface area contributed by atoms with Crippen LogP contribution in [0.4, 0.5) is 5.69 Å². The summed E-state index contributed by atoms with van der Waals surface area (Å²) in [5.41, 5.74) is 0.590. The molecule has 1 aromatic carbocycles. The van der Waals surface area contributed by atoms with Gasteiger partial charge < -0.3 is 5.32 Å². The molecule has 21 heavy (non-hydrogen) atoms. The topological polar surface area (TPSA) is 66.5 Å². The number of thioether (sulfide) groups is 1. The highest BCUT2D eigenvalue weighted by Gasteiger charge is 2.22. The van der Waals surface area contributed by atoms with Crippen LogP contribution in [0.1, 0.15) is 20.8 Å². The highest BCUT2D eigenvalue weighted by molar-refractivity contribution is 7.99. The third kappa shape index (κ3) is 4.46. The quantitative estimate of drug-likeness (QED) is 0.870. The number of carbonyl (C=O) groups is 1. The Balaban J connectivity index is 2.91. The number of anilines is 1. The van der Waals surface area contributed by atoms with Gasteiger partial charge in [-0.25, -0.2) is 8.42 Å². The molecular formula is C14H22N2O3S2. The number of benzene rings is 1. The fourth-order valence-electron chi connectivity index (χ4n) is 1.50. The molecule has 0 radical (unpaired) electrons. The molecular weight excluding hydrogens is 308 g/mol. The second-order valence-corrected chi connectivity index (χ2v) is 8.18. The van der Waals surface area contributed by atoms with Gasteiger partial charge in [-0.15, -0.1) is 0 Å². The van der Waals surface area contributed by atoms with Crippen molar-refractivity contribution >= 4 is 33.4 Å². The largest absolute Gasteiger partial charge is 0.325 e. The molecule has 0 aliphatic rings. The summed E-state index contributed by atoms with van der Waals surface area (Å²) in [6, 6.07) is 6.11. The van der Waals surface area contributed by atoms with Crippen LogP contribution in [-0.4, -0.2) is 43.2 Å². The third-order valence-electron chi connectivity index (χ3n) is 3.25. The van der Waals surface area contributed by atoms with Crippen LogP contribution in [0.3, 0.4) is 0 Å². The van der Waals surface area contributed by atoms with Crippen molar-refractivity contribution in [2.75, 3.05) is 18.6 Å². The van der Waals surface area contributed by atoms with E-state index in [-0.39, 0.29) is 22.1 Å². The number of nitrogens with zero attached hydrogens (tertiary/aromatic N) is 1. The molecule has 0 aromatic heterocycles. The molecule has 1 aromatic rings. The number of hydrogen-bond donors (Lipinski definition) is 1. The summed E-state index contributed by atoms with van der Waals surface area (Å²) < 4.78 is 25.9. The molecule has 118 valence electrons. The van der Waals surface area contributed by atoms with Crippen LogP contribution in [-0.2, 0) is 14.8 Å². The molecule has 0 saturated carbocycles. The standard InChI is InChI=1S/C14H22N2O3S2/c1-10(2)16(4)21(18,19)13-8-6-12(7-9-13)15-14(17)11(3)20-5/h6-11H,1-5H3,(H,15,17). The number of nitrogens with one attached hydrogen (secondary N) is 1.